The zero-order chi connectivity index (χ0) is 19.4. The summed E-state index contributed by atoms with van der Waals surface area (Å²) in [5.74, 6) is -1.34. The summed E-state index contributed by atoms with van der Waals surface area (Å²) in [5, 5.41) is 10.3. The highest BCUT2D eigenvalue weighted by Gasteiger charge is 2.20. The first-order valence-electron chi connectivity index (χ1n) is 8.60. The molecule has 0 fully saturated rings. The summed E-state index contributed by atoms with van der Waals surface area (Å²) in [5.41, 5.74) is 3.24. The number of rotatable bonds is 5. The monoisotopic (exact) mass is 382 g/mol. The molecule has 0 radical (unpaired) electrons. The van der Waals surface area contributed by atoms with Crippen LogP contribution in [0.25, 0.3) is 10.9 Å². The molecule has 1 aromatic carbocycles. The third-order valence-corrected chi connectivity index (χ3v) is 5.01. The molecule has 0 saturated heterocycles. The summed E-state index contributed by atoms with van der Waals surface area (Å²) in [7, 11) is 3.89. The van der Waals surface area contributed by atoms with Crippen LogP contribution in [-0.4, -0.2) is 42.3 Å². The van der Waals surface area contributed by atoms with E-state index >= 15 is 0 Å². The molecule has 3 aromatic rings. The van der Waals surface area contributed by atoms with E-state index in [1.54, 1.807) is 17.4 Å². The number of carbonyl (C=O) groups excluding carboxylic acids is 2. The highest BCUT2D eigenvalue weighted by atomic mass is 32.1. The Hall–Kier alpha value is -2.77. The van der Waals surface area contributed by atoms with E-state index in [1.807, 2.05) is 67.0 Å². The minimum absolute atomic E-state index is 0.0111. The topological polar surface area (TPSA) is 74.3 Å². The number of pyridine rings is 1. The van der Waals surface area contributed by atoms with Gasteiger partial charge < -0.3 is 15.5 Å². The Morgan fingerprint density at radius 3 is 2.67 bits per heavy atom. The Balaban J connectivity index is 1.69. The molecule has 0 saturated carbocycles. The molecule has 2 heterocycles. The minimum atomic E-state index is -0.687. The van der Waals surface area contributed by atoms with Gasteiger partial charge in [-0.05, 0) is 55.5 Å². The number of aryl methyl sites for hydroxylation is 1. The Morgan fingerprint density at radius 1 is 1.19 bits per heavy atom. The lowest BCUT2D eigenvalue weighted by Gasteiger charge is -2.23. The predicted molar refractivity (Wildman–Crippen MR) is 109 cm³/mol. The fourth-order valence-electron chi connectivity index (χ4n) is 2.92. The highest BCUT2D eigenvalue weighted by Crippen LogP contribution is 2.23. The maximum absolute atomic E-state index is 12.4. The van der Waals surface area contributed by atoms with Gasteiger partial charge in [-0.3, -0.25) is 14.6 Å². The van der Waals surface area contributed by atoms with Crippen molar-refractivity contribution in [3.05, 3.63) is 58.4 Å². The summed E-state index contributed by atoms with van der Waals surface area (Å²) in [6, 6.07) is 11.3. The highest BCUT2D eigenvalue weighted by molar-refractivity contribution is 7.08. The lowest BCUT2D eigenvalue weighted by molar-refractivity contribution is -0.136. The molecule has 3 rings (SSSR count). The number of likely N-dealkylation sites (N-methyl/N-ethyl adjacent to an activating group) is 1. The fourth-order valence-corrected chi connectivity index (χ4v) is 3.63. The summed E-state index contributed by atoms with van der Waals surface area (Å²) in [6.45, 7) is 2.21. The van der Waals surface area contributed by atoms with Crippen LogP contribution in [0.1, 0.15) is 17.3 Å². The molecule has 2 aromatic heterocycles. The van der Waals surface area contributed by atoms with E-state index in [1.165, 1.54) is 0 Å². The first-order chi connectivity index (χ1) is 13.0. The Bertz CT molecular complexity index is 954. The van der Waals surface area contributed by atoms with E-state index in [0.717, 1.165) is 22.2 Å². The van der Waals surface area contributed by atoms with Crippen LogP contribution in [0.3, 0.4) is 0 Å². The number of aromatic nitrogens is 1. The second-order valence-corrected chi connectivity index (χ2v) is 7.31. The molecule has 0 unspecified atom stereocenters. The Kier molecular flexibility index (Phi) is 5.83. The van der Waals surface area contributed by atoms with Crippen LogP contribution in [0.4, 0.5) is 5.69 Å². The average Bonchev–Trinajstić information content (AvgIpc) is 3.15. The molecule has 2 N–H and O–H groups in total. The average molecular weight is 382 g/mol. The zero-order valence-corrected chi connectivity index (χ0v) is 16.3. The zero-order valence-electron chi connectivity index (χ0n) is 15.5. The van der Waals surface area contributed by atoms with Gasteiger partial charge in [0.1, 0.15) is 0 Å². The largest absolute Gasteiger partial charge is 0.346 e. The SMILES string of the molecule is Cc1cc(NC(=O)C(=O)NC[C@@H](c2ccsc2)N(C)C)c2ccccc2n1. The van der Waals surface area contributed by atoms with Crippen LogP contribution in [0.5, 0.6) is 0 Å². The molecule has 1 atom stereocenters. The van der Waals surface area contributed by atoms with Crippen molar-refractivity contribution in [2.45, 2.75) is 13.0 Å². The van der Waals surface area contributed by atoms with Crippen molar-refractivity contribution < 1.29 is 9.59 Å². The standard InChI is InChI=1S/C20H22N4O2S/c1-13-10-17(15-6-4-5-7-16(15)22-13)23-20(26)19(25)21-11-18(24(2)3)14-8-9-27-12-14/h4-10,12,18H,11H2,1-3H3,(H,21,25)(H,22,23,26)/t18-/m0/s1. The first kappa shape index (κ1) is 19.0. The predicted octanol–water partition coefficient (Wildman–Crippen LogP) is 2.96. The van der Waals surface area contributed by atoms with Gasteiger partial charge in [0.2, 0.25) is 0 Å². The quantitative estimate of drug-likeness (QED) is 0.666. The number of amides is 2. The van der Waals surface area contributed by atoms with Gasteiger partial charge in [0.15, 0.2) is 0 Å². The number of para-hydroxylation sites is 1. The second-order valence-electron chi connectivity index (χ2n) is 6.53. The summed E-state index contributed by atoms with van der Waals surface area (Å²) < 4.78 is 0. The van der Waals surface area contributed by atoms with Gasteiger partial charge in [0.05, 0.1) is 17.2 Å². The Labute approximate surface area is 162 Å². The van der Waals surface area contributed by atoms with Crippen molar-refractivity contribution in [2.24, 2.45) is 0 Å². The molecule has 7 heteroatoms. The third-order valence-electron chi connectivity index (χ3n) is 4.31. The van der Waals surface area contributed by atoms with E-state index < -0.39 is 11.8 Å². The minimum Gasteiger partial charge on any atom is -0.346 e. The molecule has 0 spiro atoms. The first-order valence-corrected chi connectivity index (χ1v) is 9.54. The number of hydrogen-bond donors (Lipinski definition) is 2. The molecule has 6 nitrogen and oxygen atoms in total. The number of carbonyl (C=O) groups is 2. The number of fused-ring (bicyclic) bond motifs is 1. The van der Waals surface area contributed by atoms with Gasteiger partial charge >= 0.3 is 11.8 Å². The maximum atomic E-state index is 12.4. The van der Waals surface area contributed by atoms with Crippen molar-refractivity contribution in [1.29, 1.82) is 0 Å². The van der Waals surface area contributed by atoms with Crippen LogP contribution in [0.15, 0.2) is 47.2 Å². The summed E-state index contributed by atoms with van der Waals surface area (Å²) in [6.07, 6.45) is 0. The Morgan fingerprint density at radius 2 is 1.96 bits per heavy atom. The number of anilines is 1. The molecular weight excluding hydrogens is 360 g/mol. The molecule has 2 amide bonds. The van der Waals surface area contributed by atoms with Crippen LogP contribution >= 0.6 is 11.3 Å². The number of nitrogens with zero attached hydrogens (tertiary/aromatic N) is 2. The van der Waals surface area contributed by atoms with E-state index in [2.05, 4.69) is 15.6 Å². The number of benzene rings is 1. The number of nitrogens with one attached hydrogen (secondary N) is 2. The summed E-state index contributed by atoms with van der Waals surface area (Å²) in [4.78, 5) is 31.1. The van der Waals surface area contributed by atoms with Gasteiger partial charge in [-0.2, -0.15) is 11.3 Å². The molecule has 140 valence electrons. The van der Waals surface area contributed by atoms with E-state index in [9.17, 15) is 9.59 Å². The molecule has 0 aliphatic heterocycles. The van der Waals surface area contributed by atoms with Gasteiger partial charge in [-0.15, -0.1) is 0 Å². The molecule has 0 aliphatic rings. The van der Waals surface area contributed by atoms with Crippen LogP contribution in [0.2, 0.25) is 0 Å². The lowest BCUT2D eigenvalue weighted by atomic mass is 10.1. The normalized spacial score (nSPS) is 12.1. The van der Waals surface area contributed by atoms with Gasteiger partial charge in [0.25, 0.3) is 0 Å². The van der Waals surface area contributed by atoms with Crippen LogP contribution < -0.4 is 10.6 Å². The van der Waals surface area contributed by atoms with Crippen molar-refractivity contribution >= 4 is 39.7 Å². The van der Waals surface area contributed by atoms with Gasteiger partial charge in [-0.1, -0.05) is 18.2 Å². The van der Waals surface area contributed by atoms with E-state index in [0.29, 0.717) is 12.2 Å². The smallest absolute Gasteiger partial charge is 0.313 e. The van der Waals surface area contributed by atoms with Crippen LogP contribution in [-0.2, 0) is 9.59 Å². The van der Waals surface area contributed by atoms with E-state index in [-0.39, 0.29) is 6.04 Å². The van der Waals surface area contributed by atoms with Crippen LogP contribution in [0, 0.1) is 6.92 Å². The molecular formula is C20H22N4O2S. The number of hydrogen-bond acceptors (Lipinski definition) is 5. The molecule has 0 aliphatic carbocycles. The second kappa shape index (κ2) is 8.28. The van der Waals surface area contributed by atoms with Crippen molar-refractivity contribution in [2.75, 3.05) is 26.0 Å². The molecule has 27 heavy (non-hydrogen) atoms. The van der Waals surface area contributed by atoms with Gasteiger partial charge in [0, 0.05) is 17.6 Å². The molecule has 0 bridgehead atoms. The van der Waals surface area contributed by atoms with Crippen molar-refractivity contribution in [3.8, 4) is 0 Å². The van der Waals surface area contributed by atoms with Gasteiger partial charge in [-0.25, -0.2) is 0 Å². The third kappa shape index (κ3) is 4.50. The number of thiophene rings is 1. The van der Waals surface area contributed by atoms with Crippen molar-refractivity contribution in [1.82, 2.24) is 15.2 Å². The lowest BCUT2D eigenvalue weighted by Crippen LogP contribution is -2.40. The summed E-state index contributed by atoms with van der Waals surface area (Å²) >= 11 is 1.61. The van der Waals surface area contributed by atoms with E-state index in [4.69, 9.17) is 0 Å². The maximum Gasteiger partial charge on any atom is 0.313 e. The van der Waals surface area contributed by atoms with Crippen molar-refractivity contribution in [3.63, 3.8) is 0 Å². The fraction of sp³-hybridized carbons (Fsp3) is 0.250.